The maximum atomic E-state index is 12.7. The number of likely N-dealkylation sites (N-methyl/N-ethyl adjacent to an activating group) is 1. The molecule has 0 atom stereocenters. The third-order valence-electron chi connectivity index (χ3n) is 4.15. The van der Waals surface area contributed by atoms with Gasteiger partial charge in [-0.25, -0.2) is 0 Å². The minimum Gasteiger partial charge on any atom is -0.378 e. The highest BCUT2D eigenvalue weighted by molar-refractivity contribution is 8.19. The van der Waals surface area contributed by atoms with Crippen LogP contribution in [0.4, 0.5) is 5.69 Å². The maximum absolute atomic E-state index is 12.7. The van der Waals surface area contributed by atoms with E-state index in [9.17, 15) is 13.2 Å². The number of thioether (sulfide) groups is 1. The molecule has 8 heteroatoms. The van der Waals surface area contributed by atoms with Crippen LogP contribution in [-0.4, -0.2) is 45.0 Å². The monoisotopic (exact) mass is 415 g/mol. The van der Waals surface area contributed by atoms with Crippen molar-refractivity contribution in [3.63, 3.8) is 0 Å². The van der Waals surface area contributed by atoms with E-state index in [4.69, 9.17) is 0 Å². The van der Waals surface area contributed by atoms with E-state index >= 15 is 0 Å². The fourth-order valence-corrected chi connectivity index (χ4v) is 4.89. The summed E-state index contributed by atoms with van der Waals surface area (Å²) in [6.07, 6.45) is 1.76. The second-order valence-corrected chi connectivity index (χ2v) is 8.92. The highest BCUT2D eigenvalue weighted by atomic mass is 32.2. The highest BCUT2D eigenvalue weighted by Gasteiger charge is 2.33. The molecule has 3 rings (SSSR count). The summed E-state index contributed by atoms with van der Waals surface area (Å²) in [5.74, 6) is -0.244. The molecule has 2 aromatic carbocycles. The van der Waals surface area contributed by atoms with Crippen LogP contribution in [0.25, 0.3) is 6.08 Å². The Kier molecular flexibility index (Phi) is 5.90. The average molecular weight is 416 g/mol. The van der Waals surface area contributed by atoms with E-state index in [1.54, 1.807) is 31.2 Å². The zero-order valence-electron chi connectivity index (χ0n) is 15.9. The van der Waals surface area contributed by atoms with Crippen molar-refractivity contribution < 1.29 is 13.2 Å². The van der Waals surface area contributed by atoms with E-state index in [1.165, 1.54) is 17.0 Å². The van der Waals surface area contributed by atoms with Crippen LogP contribution < -0.4 is 4.90 Å². The van der Waals surface area contributed by atoms with Gasteiger partial charge in [0.25, 0.3) is 15.9 Å². The summed E-state index contributed by atoms with van der Waals surface area (Å²) >= 11 is 1.08. The van der Waals surface area contributed by atoms with Crippen LogP contribution >= 0.6 is 11.8 Å². The minimum absolute atomic E-state index is 0.100. The molecule has 1 heterocycles. The quantitative estimate of drug-likeness (QED) is 0.700. The topological polar surface area (TPSA) is 70.1 Å². The second kappa shape index (κ2) is 8.20. The predicted octanol–water partition coefficient (Wildman–Crippen LogP) is 3.43. The fraction of sp³-hybridized carbons (Fsp3) is 0.200. The van der Waals surface area contributed by atoms with E-state index in [0.717, 1.165) is 23.0 Å². The summed E-state index contributed by atoms with van der Waals surface area (Å²) in [4.78, 5) is 16.6. The highest BCUT2D eigenvalue weighted by Crippen LogP contribution is 2.33. The lowest BCUT2D eigenvalue weighted by Crippen LogP contribution is -2.29. The zero-order chi connectivity index (χ0) is 20.3. The molecule has 0 bridgehead atoms. The number of rotatable bonds is 5. The molecule has 6 nitrogen and oxygen atoms in total. The number of anilines is 1. The number of benzene rings is 2. The van der Waals surface area contributed by atoms with Gasteiger partial charge in [-0.15, -0.1) is 4.40 Å². The maximum Gasteiger partial charge on any atom is 0.284 e. The molecule has 146 valence electrons. The molecule has 1 aliphatic heterocycles. The standard InChI is InChI=1S/C20H21N3O3S2/c1-4-23-19(24)18(14-15-10-12-16(13-11-15)22(2)3)27-20(23)21-28(25,26)17-8-6-5-7-9-17/h5-14H,4H2,1-3H3/b18-14-,21-20?. The smallest absolute Gasteiger partial charge is 0.284 e. The Bertz CT molecular complexity index is 1030. The number of carbonyl (C=O) groups is 1. The summed E-state index contributed by atoms with van der Waals surface area (Å²) in [5, 5.41) is 0.174. The van der Waals surface area contributed by atoms with Crippen molar-refractivity contribution in [2.24, 2.45) is 4.40 Å². The normalized spacial score (nSPS) is 17.5. The zero-order valence-corrected chi connectivity index (χ0v) is 17.5. The molecule has 1 amide bonds. The van der Waals surface area contributed by atoms with Gasteiger partial charge in [-0.2, -0.15) is 8.42 Å². The Hall–Kier alpha value is -2.58. The van der Waals surface area contributed by atoms with Gasteiger partial charge in [0.1, 0.15) is 0 Å². The van der Waals surface area contributed by atoms with Crippen molar-refractivity contribution in [1.82, 2.24) is 4.90 Å². The number of carbonyl (C=O) groups excluding carboxylic acids is 1. The van der Waals surface area contributed by atoms with Crippen molar-refractivity contribution in [3.8, 4) is 0 Å². The van der Waals surface area contributed by atoms with Gasteiger partial charge in [-0.1, -0.05) is 30.3 Å². The third kappa shape index (κ3) is 4.28. The van der Waals surface area contributed by atoms with Crippen LogP contribution in [0.1, 0.15) is 12.5 Å². The lowest BCUT2D eigenvalue weighted by molar-refractivity contribution is -0.122. The summed E-state index contributed by atoms with van der Waals surface area (Å²) in [5.41, 5.74) is 1.92. The van der Waals surface area contributed by atoms with Crippen LogP contribution in [0, 0.1) is 0 Å². The Morgan fingerprint density at radius 2 is 1.71 bits per heavy atom. The largest absolute Gasteiger partial charge is 0.378 e. The van der Waals surface area contributed by atoms with E-state index in [0.29, 0.717) is 11.4 Å². The predicted molar refractivity (Wildman–Crippen MR) is 115 cm³/mol. The molecule has 0 N–H and O–H groups in total. The van der Waals surface area contributed by atoms with Crippen LogP contribution in [-0.2, 0) is 14.8 Å². The Labute approximate surface area is 169 Å². The van der Waals surface area contributed by atoms with E-state index in [2.05, 4.69) is 4.40 Å². The molecule has 1 aliphatic rings. The molecule has 0 saturated carbocycles. The van der Waals surface area contributed by atoms with Gasteiger partial charge < -0.3 is 4.90 Å². The average Bonchev–Trinajstić information content (AvgIpc) is 2.96. The van der Waals surface area contributed by atoms with Crippen LogP contribution in [0.5, 0.6) is 0 Å². The number of nitrogens with zero attached hydrogens (tertiary/aromatic N) is 3. The summed E-state index contributed by atoms with van der Waals surface area (Å²) in [6, 6.07) is 15.7. The van der Waals surface area contributed by atoms with Crippen LogP contribution in [0.3, 0.4) is 0 Å². The fourth-order valence-electron chi connectivity index (χ4n) is 2.62. The molecule has 0 aromatic heterocycles. The van der Waals surface area contributed by atoms with Gasteiger partial charge in [0, 0.05) is 26.3 Å². The summed E-state index contributed by atoms with van der Waals surface area (Å²) in [7, 11) is 0.0333. The molecule has 28 heavy (non-hydrogen) atoms. The molecular formula is C20H21N3O3S2. The SMILES string of the molecule is CCN1C(=O)/C(=C/c2ccc(N(C)C)cc2)SC1=NS(=O)(=O)c1ccccc1. The first kappa shape index (κ1) is 20.2. The molecule has 0 unspecified atom stereocenters. The Morgan fingerprint density at radius 1 is 1.07 bits per heavy atom. The Balaban J connectivity index is 1.92. The van der Waals surface area contributed by atoms with Crippen molar-refractivity contribution >= 4 is 44.6 Å². The molecule has 1 fully saturated rings. The number of hydrogen-bond acceptors (Lipinski definition) is 5. The lowest BCUT2D eigenvalue weighted by Gasteiger charge is -2.12. The van der Waals surface area contributed by atoms with Gasteiger partial charge in [0.2, 0.25) is 0 Å². The van der Waals surface area contributed by atoms with Crippen molar-refractivity contribution in [1.29, 1.82) is 0 Å². The minimum atomic E-state index is -3.88. The number of amides is 1. The first-order valence-corrected chi connectivity index (χ1v) is 11.0. The van der Waals surface area contributed by atoms with Crippen molar-refractivity contribution in [3.05, 3.63) is 65.1 Å². The molecule has 0 aliphatic carbocycles. The van der Waals surface area contributed by atoms with Gasteiger partial charge in [0.05, 0.1) is 9.80 Å². The number of sulfonamides is 1. The summed E-state index contributed by atoms with van der Waals surface area (Å²) in [6.45, 7) is 2.13. The summed E-state index contributed by atoms with van der Waals surface area (Å²) < 4.78 is 29.0. The third-order valence-corrected chi connectivity index (χ3v) is 6.55. The second-order valence-electron chi connectivity index (χ2n) is 6.31. The van der Waals surface area contributed by atoms with Gasteiger partial charge in [-0.3, -0.25) is 9.69 Å². The van der Waals surface area contributed by atoms with Crippen LogP contribution in [0.15, 0.2) is 68.8 Å². The first-order valence-electron chi connectivity index (χ1n) is 8.70. The van der Waals surface area contributed by atoms with E-state index in [-0.39, 0.29) is 16.0 Å². The molecule has 0 spiro atoms. The van der Waals surface area contributed by atoms with Gasteiger partial charge in [-0.05, 0) is 54.6 Å². The number of hydrogen-bond donors (Lipinski definition) is 0. The molecule has 1 saturated heterocycles. The lowest BCUT2D eigenvalue weighted by atomic mass is 10.2. The van der Waals surface area contributed by atoms with Gasteiger partial charge in [0.15, 0.2) is 5.17 Å². The van der Waals surface area contributed by atoms with E-state index in [1.807, 2.05) is 43.3 Å². The molecular weight excluding hydrogens is 394 g/mol. The number of amidine groups is 1. The first-order chi connectivity index (χ1) is 13.3. The van der Waals surface area contributed by atoms with Gasteiger partial charge >= 0.3 is 0 Å². The molecule has 2 aromatic rings. The Morgan fingerprint density at radius 3 is 2.29 bits per heavy atom. The van der Waals surface area contributed by atoms with Crippen LogP contribution in [0.2, 0.25) is 0 Å². The van der Waals surface area contributed by atoms with Crippen molar-refractivity contribution in [2.45, 2.75) is 11.8 Å². The van der Waals surface area contributed by atoms with E-state index < -0.39 is 10.0 Å². The molecule has 0 radical (unpaired) electrons. The van der Waals surface area contributed by atoms with Crippen molar-refractivity contribution in [2.75, 3.05) is 25.5 Å².